The van der Waals surface area contributed by atoms with Crippen LogP contribution in [-0.2, 0) is 164 Å². The molecule has 0 aliphatic carbocycles. The van der Waals surface area contributed by atoms with Crippen LogP contribution in [0.3, 0.4) is 0 Å². The van der Waals surface area contributed by atoms with Crippen LogP contribution in [0.2, 0.25) is 0 Å². The van der Waals surface area contributed by atoms with Gasteiger partial charge in [-0.1, -0.05) is 28.3 Å². The summed E-state index contributed by atoms with van der Waals surface area (Å²) in [6.45, 7) is 4.00. The summed E-state index contributed by atoms with van der Waals surface area (Å²) in [7, 11) is 5.90. The summed E-state index contributed by atoms with van der Waals surface area (Å²) in [5.74, 6) is 0. The average Bonchev–Trinajstić information content (AvgIpc) is 2.84. The van der Waals surface area contributed by atoms with Crippen LogP contribution in [0.4, 0.5) is 19.2 Å². The van der Waals surface area contributed by atoms with E-state index in [1.54, 1.807) is 0 Å². The van der Waals surface area contributed by atoms with Gasteiger partial charge >= 0.3 is 0 Å². The summed E-state index contributed by atoms with van der Waals surface area (Å²) in [5, 5.41) is 36.1. The summed E-state index contributed by atoms with van der Waals surface area (Å²) < 4.78 is 11.3. The minimum Gasteiger partial charge on any atom is -0.724 e. The second kappa shape index (κ2) is 156. The zero-order chi connectivity index (χ0) is 32.0. The first-order chi connectivity index (χ1) is 16.7. The van der Waals surface area contributed by atoms with Gasteiger partial charge in [0.1, 0.15) is 6.03 Å². The van der Waals surface area contributed by atoms with E-state index in [0.29, 0.717) is 24.3 Å². The number of methoxy groups -OCH3 is 3. The van der Waals surface area contributed by atoms with Gasteiger partial charge in [-0.25, -0.2) is 0 Å². The van der Waals surface area contributed by atoms with Crippen molar-refractivity contribution in [3.63, 3.8) is 0 Å². The van der Waals surface area contributed by atoms with Crippen molar-refractivity contribution in [1.29, 1.82) is 0 Å². The van der Waals surface area contributed by atoms with E-state index in [-0.39, 0.29) is 138 Å². The number of amides is 5. The van der Waals surface area contributed by atoms with Crippen LogP contribution in [0.5, 0.6) is 0 Å². The first-order valence-electron chi connectivity index (χ1n) is 7.56. The van der Waals surface area contributed by atoms with E-state index in [1.807, 2.05) is 13.8 Å². The molecule has 6 N–H and O–H groups in total. The molecular formula is C16H31N9O12Y4-8. The molecule has 232 valence electrons. The summed E-state index contributed by atoms with van der Waals surface area (Å²) in [4.78, 5) is 70.1. The molecule has 0 aromatic heterocycles. The van der Waals surface area contributed by atoms with E-state index in [0.717, 1.165) is 28.4 Å². The van der Waals surface area contributed by atoms with Crippen molar-refractivity contribution in [2.24, 2.45) is 0 Å². The number of isocyanates is 4. The molecule has 0 saturated carbocycles. The number of ether oxygens (including phenoxy) is 3. The average molecular weight is 897 g/mol. The molecule has 0 fully saturated rings. The van der Waals surface area contributed by atoms with Crippen molar-refractivity contribution in [2.45, 2.75) is 21.3 Å². The molecule has 41 heavy (non-hydrogen) atoms. The number of nitrogens with zero attached hydrogens (tertiary/aromatic N) is 4. The van der Waals surface area contributed by atoms with Crippen LogP contribution in [0.1, 0.15) is 21.3 Å². The van der Waals surface area contributed by atoms with Crippen LogP contribution in [0.15, 0.2) is 0 Å². The summed E-state index contributed by atoms with van der Waals surface area (Å²) in [5.41, 5.74) is 24.0. The van der Waals surface area contributed by atoms with Gasteiger partial charge in [0.05, 0.1) is 21.3 Å². The number of hydrogen-bond acceptors (Lipinski definition) is 12. The second-order valence-electron chi connectivity index (χ2n) is 2.42. The van der Waals surface area contributed by atoms with Gasteiger partial charge in [0.15, 0.2) is 0 Å². The Morgan fingerprint density at radius 3 is 0.634 bits per heavy atom. The fourth-order valence-corrected chi connectivity index (χ4v) is 0. The number of carbonyl (C=O) groups excluding carboxylic acids is 8. The number of hydrogen-bond donors (Lipinski definition) is 2. The quantitative estimate of drug-likeness (QED) is 0.200. The molecule has 4 radical (unpaired) electrons. The number of rotatable bonds is 0. The number of carbonyl (C=O) groups is 4. The van der Waals surface area contributed by atoms with Crippen LogP contribution in [0, 0.1) is 0 Å². The molecule has 0 aromatic rings. The van der Waals surface area contributed by atoms with Crippen LogP contribution >= 0.6 is 0 Å². The Morgan fingerprint density at radius 2 is 0.634 bits per heavy atom. The monoisotopic (exact) mass is 897 g/mol. The third-order valence-corrected chi connectivity index (χ3v) is 0.783. The van der Waals surface area contributed by atoms with E-state index in [2.05, 4.69) is 19.5 Å². The molecular weight excluding hydrogens is 866 g/mol. The van der Waals surface area contributed by atoms with Crippen molar-refractivity contribution in [1.82, 2.24) is 5.32 Å². The summed E-state index contributed by atoms with van der Waals surface area (Å²) in [6.07, 6.45) is -0.986. The Hall–Kier alpha value is -1.02. The van der Waals surface area contributed by atoms with Crippen molar-refractivity contribution in [3.8, 4) is 0 Å². The normalized spacial score (nSPS) is 4.29. The molecule has 25 heteroatoms. The Labute approximate surface area is 339 Å². The molecule has 0 aliphatic heterocycles. The molecule has 0 unspecified atom stereocenters. The molecule has 0 spiro atoms. The fourth-order valence-electron chi connectivity index (χ4n) is 0. The van der Waals surface area contributed by atoms with Gasteiger partial charge < -0.3 is 69.2 Å². The Balaban J connectivity index is -0.0000000141. The van der Waals surface area contributed by atoms with E-state index in [9.17, 15) is 19.2 Å². The number of nitrogens with one attached hydrogen (secondary N) is 5. The topological polar surface area (TPSA) is 381 Å². The standard InChI is InChI=1S/C2H6N2O.3C2H5NO2.C2H6.4CNO.CH4O.CH4.4Y/c1-4-2(3)5;3*1-5-2(3)4;1-2;4*2-1-3;1-2;;;;;/h1H3,(H3,3,4,5);3*1H3,(H2,3,4);1-2H3;;;;;2H,1H3;1H4;;;;/q;;;;;4*-1;;;;;;/p-4. The molecule has 0 rings (SSSR count). The molecule has 0 atom stereocenters. The number of aliphatic hydroxyl groups excluding tert-OH is 1. The van der Waals surface area contributed by atoms with Gasteiger partial charge in [0, 0.05) is 138 Å². The van der Waals surface area contributed by atoms with E-state index >= 15 is 0 Å². The van der Waals surface area contributed by atoms with Gasteiger partial charge in [-0.05, 0) is 24.3 Å². The fraction of sp³-hybridized carbons (Fsp3) is 0.500. The van der Waals surface area contributed by atoms with E-state index in [4.69, 9.17) is 68.9 Å². The predicted octanol–water partition coefficient (Wildman–Crippen LogP) is 3.62. The zero-order valence-electron chi connectivity index (χ0n) is 22.5. The maximum absolute atomic E-state index is 9.37. The van der Waals surface area contributed by atoms with Crippen molar-refractivity contribution in [3.05, 3.63) is 44.6 Å². The maximum Gasteiger partial charge on any atom is 0.226 e. The predicted molar refractivity (Wildman–Crippen MR) is 131 cm³/mol. The Morgan fingerprint density at radius 1 is 0.585 bits per heavy atom. The maximum atomic E-state index is 9.37. The molecule has 21 nitrogen and oxygen atoms in total. The molecule has 0 aliphatic rings. The number of aliphatic hydroxyl groups is 1. The first-order valence-corrected chi connectivity index (χ1v) is 7.56. The van der Waals surface area contributed by atoms with Crippen molar-refractivity contribution in [2.75, 3.05) is 35.5 Å². The smallest absolute Gasteiger partial charge is 0.226 e. The van der Waals surface area contributed by atoms with Crippen LogP contribution in [-0.4, -0.2) is 89.2 Å². The van der Waals surface area contributed by atoms with Gasteiger partial charge in [0.2, 0.25) is 18.3 Å². The summed E-state index contributed by atoms with van der Waals surface area (Å²) >= 11 is 0. The minimum absolute atomic E-state index is 0. The molecule has 5 amide bonds. The van der Waals surface area contributed by atoms with Crippen molar-refractivity contribution >= 4 is 48.6 Å². The van der Waals surface area contributed by atoms with Crippen LogP contribution < -0.4 is 5.32 Å². The van der Waals surface area contributed by atoms with Crippen molar-refractivity contribution < 1.29 is 189 Å². The van der Waals surface area contributed by atoms with Gasteiger partial charge in [-0.3, -0.25) is 38.4 Å². The SMILES string of the molecule is C.CC.CNC([NH-])=O.CO.COC([NH-])=O.COC([NH-])=O.COC([NH-])=O.[N-]=C=O.[N-]=C=O.[N-]=C=O.[N-]=C=O.[Y].[Y].[Y].[Y]. The van der Waals surface area contributed by atoms with E-state index in [1.165, 1.54) is 7.05 Å². The molecule has 0 saturated heterocycles. The second-order valence-corrected chi connectivity index (χ2v) is 2.42. The molecule has 0 bridgehead atoms. The third kappa shape index (κ3) is 1100. The third-order valence-electron chi connectivity index (χ3n) is 0.783. The minimum atomic E-state index is -0.995. The summed E-state index contributed by atoms with van der Waals surface area (Å²) in [6, 6.07) is -0.745. The molecule has 0 heterocycles. The molecule has 0 aromatic carbocycles. The van der Waals surface area contributed by atoms with Gasteiger partial charge in [-0.15, -0.1) is 0 Å². The Bertz CT molecular complexity index is 509. The first kappa shape index (κ1) is 97.4. The zero-order valence-corrected chi connectivity index (χ0v) is 33.9. The van der Waals surface area contributed by atoms with Crippen LogP contribution in [0.25, 0.3) is 44.6 Å². The largest absolute Gasteiger partial charge is 0.724 e. The van der Waals surface area contributed by atoms with E-state index < -0.39 is 24.3 Å². The Kier molecular flexibility index (Phi) is 371. The van der Waals surface area contributed by atoms with Gasteiger partial charge in [0.25, 0.3) is 0 Å². The van der Waals surface area contributed by atoms with Gasteiger partial charge in [-0.2, -0.15) is 0 Å². The number of urea groups is 1.